The van der Waals surface area contributed by atoms with Gasteiger partial charge >= 0.3 is 5.97 Å². The van der Waals surface area contributed by atoms with Gasteiger partial charge in [0, 0.05) is 24.7 Å². The van der Waals surface area contributed by atoms with Gasteiger partial charge < -0.3 is 10.4 Å². The molecule has 0 saturated heterocycles. The van der Waals surface area contributed by atoms with Crippen LogP contribution in [0.5, 0.6) is 0 Å². The van der Waals surface area contributed by atoms with E-state index in [1.54, 1.807) is 4.68 Å². The van der Waals surface area contributed by atoms with Crippen LogP contribution in [0.3, 0.4) is 0 Å². The van der Waals surface area contributed by atoms with Crippen LogP contribution in [0.1, 0.15) is 38.1 Å². The topological polar surface area (TPSA) is 84.2 Å². The van der Waals surface area contributed by atoms with Crippen LogP contribution in [0.25, 0.3) is 0 Å². The molecule has 6 nitrogen and oxygen atoms in total. The second kappa shape index (κ2) is 5.26. The highest BCUT2D eigenvalue weighted by Gasteiger charge is 2.44. The minimum atomic E-state index is -1.46. The lowest BCUT2D eigenvalue weighted by molar-refractivity contribution is -0.154. The standard InChI is InChI=1S/C14H21N3O3/c1-4-17-11(7-9(2)16-17)8-14(3,13(19)20)12(18)15-10-5-6-10/h7,10H,4-6,8H2,1-3H3,(H,15,18)(H,19,20). The maximum atomic E-state index is 12.2. The Bertz CT molecular complexity index is 534. The number of carboxylic acid groups (broad SMARTS) is 1. The van der Waals surface area contributed by atoms with Gasteiger partial charge in [-0.2, -0.15) is 5.10 Å². The molecule has 20 heavy (non-hydrogen) atoms. The van der Waals surface area contributed by atoms with E-state index in [0.29, 0.717) is 6.54 Å². The molecule has 1 aromatic heterocycles. The lowest BCUT2D eigenvalue weighted by Crippen LogP contribution is -2.47. The number of hydrogen-bond acceptors (Lipinski definition) is 3. The Morgan fingerprint density at radius 3 is 2.70 bits per heavy atom. The monoisotopic (exact) mass is 279 g/mol. The number of aryl methyl sites for hydroxylation is 2. The number of carbonyl (C=O) groups excluding carboxylic acids is 1. The third-order valence-electron chi connectivity index (χ3n) is 3.71. The average Bonchev–Trinajstić information content (AvgIpc) is 3.11. The third-order valence-corrected chi connectivity index (χ3v) is 3.71. The first kappa shape index (κ1) is 14.6. The van der Waals surface area contributed by atoms with E-state index in [4.69, 9.17) is 0 Å². The molecular formula is C14H21N3O3. The molecule has 0 spiro atoms. The Kier molecular flexibility index (Phi) is 3.83. The van der Waals surface area contributed by atoms with Crippen molar-refractivity contribution < 1.29 is 14.7 Å². The van der Waals surface area contributed by atoms with Crippen LogP contribution >= 0.6 is 0 Å². The summed E-state index contributed by atoms with van der Waals surface area (Å²) < 4.78 is 1.75. The molecule has 1 heterocycles. The third kappa shape index (κ3) is 2.84. The summed E-state index contributed by atoms with van der Waals surface area (Å²) in [5.41, 5.74) is 0.153. The van der Waals surface area contributed by atoms with E-state index in [0.717, 1.165) is 24.2 Å². The fourth-order valence-electron chi connectivity index (χ4n) is 2.20. The van der Waals surface area contributed by atoms with Crippen molar-refractivity contribution in [2.75, 3.05) is 0 Å². The van der Waals surface area contributed by atoms with E-state index in [-0.39, 0.29) is 12.5 Å². The van der Waals surface area contributed by atoms with Crippen LogP contribution in [0.4, 0.5) is 0 Å². The Morgan fingerprint density at radius 2 is 2.20 bits per heavy atom. The molecule has 0 bridgehead atoms. The number of hydrogen-bond donors (Lipinski definition) is 2. The fourth-order valence-corrected chi connectivity index (χ4v) is 2.20. The molecule has 2 rings (SSSR count). The van der Waals surface area contributed by atoms with Gasteiger partial charge in [0.05, 0.1) is 5.69 Å². The molecule has 1 atom stereocenters. The van der Waals surface area contributed by atoms with Gasteiger partial charge in [0.15, 0.2) is 0 Å². The maximum absolute atomic E-state index is 12.2. The second-order valence-electron chi connectivity index (χ2n) is 5.65. The van der Waals surface area contributed by atoms with Crippen molar-refractivity contribution in [2.45, 2.75) is 52.6 Å². The SMILES string of the molecule is CCn1nc(C)cc1CC(C)(C(=O)O)C(=O)NC1CC1. The summed E-state index contributed by atoms with van der Waals surface area (Å²) in [6.45, 7) is 5.94. The van der Waals surface area contributed by atoms with Crippen molar-refractivity contribution >= 4 is 11.9 Å². The summed E-state index contributed by atoms with van der Waals surface area (Å²) in [7, 11) is 0. The van der Waals surface area contributed by atoms with Crippen molar-refractivity contribution in [2.24, 2.45) is 5.41 Å². The molecule has 1 fully saturated rings. The first-order valence-electron chi connectivity index (χ1n) is 6.94. The maximum Gasteiger partial charge on any atom is 0.319 e. The van der Waals surface area contributed by atoms with E-state index in [2.05, 4.69) is 10.4 Å². The Morgan fingerprint density at radius 1 is 1.55 bits per heavy atom. The Labute approximate surface area is 118 Å². The lowest BCUT2D eigenvalue weighted by Gasteiger charge is -2.24. The molecule has 1 aliphatic rings. The molecule has 0 aliphatic heterocycles. The van der Waals surface area contributed by atoms with E-state index in [1.165, 1.54) is 6.92 Å². The van der Waals surface area contributed by atoms with Gasteiger partial charge in [-0.25, -0.2) is 0 Å². The summed E-state index contributed by atoms with van der Waals surface area (Å²) >= 11 is 0. The zero-order chi connectivity index (χ0) is 14.9. The largest absolute Gasteiger partial charge is 0.480 e. The number of aliphatic carboxylic acids is 1. The summed E-state index contributed by atoms with van der Waals surface area (Å²) in [6, 6.07) is 1.99. The van der Waals surface area contributed by atoms with Crippen molar-refractivity contribution in [1.29, 1.82) is 0 Å². The number of carbonyl (C=O) groups is 2. The number of aromatic nitrogens is 2. The van der Waals surface area contributed by atoms with Crippen LogP contribution in [0.2, 0.25) is 0 Å². The van der Waals surface area contributed by atoms with Gasteiger partial charge in [-0.1, -0.05) is 0 Å². The van der Waals surface area contributed by atoms with E-state index in [9.17, 15) is 14.7 Å². The molecule has 1 saturated carbocycles. The van der Waals surface area contributed by atoms with Crippen LogP contribution in [-0.2, 0) is 22.6 Å². The summed E-state index contributed by atoms with van der Waals surface area (Å²) in [4.78, 5) is 23.8. The molecular weight excluding hydrogens is 258 g/mol. The first-order chi connectivity index (χ1) is 9.36. The molecule has 0 radical (unpaired) electrons. The van der Waals surface area contributed by atoms with Crippen LogP contribution < -0.4 is 5.32 Å². The molecule has 1 aliphatic carbocycles. The summed E-state index contributed by atoms with van der Waals surface area (Å²) in [5.74, 6) is -1.51. The van der Waals surface area contributed by atoms with Crippen LogP contribution in [-0.4, -0.2) is 32.8 Å². The smallest absolute Gasteiger partial charge is 0.319 e. The minimum absolute atomic E-state index is 0.148. The first-order valence-corrected chi connectivity index (χ1v) is 6.94. The number of nitrogens with one attached hydrogen (secondary N) is 1. The second-order valence-corrected chi connectivity index (χ2v) is 5.65. The molecule has 1 unspecified atom stereocenters. The normalized spacial score (nSPS) is 17.6. The van der Waals surface area contributed by atoms with Gasteiger partial charge in [-0.15, -0.1) is 0 Å². The van der Waals surface area contributed by atoms with Gasteiger partial charge in [0.25, 0.3) is 0 Å². The lowest BCUT2D eigenvalue weighted by atomic mass is 9.84. The van der Waals surface area contributed by atoms with Gasteiger partial charge in [-0.3, -0.25) is 14.3 Å². The van der Waals surface area contributed by atoms with Gasteiger partial charge in [0.1, 0.15) is 5.41 Å². The molecule has 6 heteroatoms. The summed E-state index contributed by atoms with van der Waals surface area (Å²) in [6.07, 6.45) is 2.02. The predicted octanol–water partition coefficient (Wildman–Crippen LogP) is 1.12. The highest BCUT2D eigenvalue weighted by Crippen LogP contribution is 2.27. The average molecular weight is 279 g/mol. The Hall–Kier alpha value is -1.85. The highest BCUT2D eigenvalue weighted by atomic mass is 16.4. The number of rotatable bonds is 6. The van der Waals surface area contributed by atoms with Gasteiger partial charge in [0.2, 0.25) is 5.91 Å². The number of nitrogens with zero attached hydrogens (tertiary/aromatic N) is 2. The van der Waals surface area contributed by atoms with Crippen molar-refractivity contribution in [3.05, 3.63) is 17.5 Å². The van der Waals surface area contributed by atoms with Crippen LogP contribution in [0, 0.1) is 12.3 Å². The molecule has 1 aromatic rings. The minimum Gasteiger partial charge on any atom is -0.480 e. The molecule has 1 amide bonds. The molecule has 2 N–H and O–H groups in total. The predicted molar refractivity (Wildman–Crippen MR) is 73.2 cm³/mol. The molecule has 110 valence electrons. The number of amides is 1. The van der Waals surface area contributed by atoms with E-state index < -0.39 is 17.3 Å². The number of carboxylic acids is 1. The van der Waals surface area contributed by atoms with Crippen LogP contribution in [0.15, 0.2) is 6.07 Å². The highest BCUT2D eigenvalue weighted by molar-refractivity contribution is 6.01. The van der Waals surface area contributed by atoms with E-state index >= 15 is 0 Å². The molecule has 0 aromatic carbocycles. The summed E-state index contributed by atoms with van der Waals surface area (Å²) in [5, 5.41) is 16.6. The van der Waals surface area contributed by atoms with Crippen molar-refractivity contribution in [1.82, 2.24) is 15.1 Å². The zero-order valence-corrected chi connectivity index (χ0v) is 12.1. The quantitative estimate of drug-likeness (QED) is 0.764. The Balaban J connectivity index is 2.23. The fraction of sp³-hybridized carbons (Fsp3) is 0.643. The van der Waals surface area contributed by atoms with Crippen molar-refractivity contribution in [3.8, 4) is 0 Å². The van der Waals surface area contributed by atoms with Gasteiger partial charge in [-0.05, 0) is 39.7 Å². The van der Waals surface area contributed by atoms with E-state index in [1.807, 2.05) is 19.9 Å². The zero-order valence-electron chi connectivity index (χ0n) is 12.1. The van der Waals surface area contributed by atoms with Crippen molar-refractivity contribution in [3.63, 3.8) is 0 Å².